The Bertz CT molecular complexity index is 491. The summed E-state index contributed by atoms with van der Waals surface area (Å²) < 4.78 is 5.15. The number of aromatic nitrogens is 1. The van der Waals surface area contributed by atoms with Crippen molar-refractivity contribution in [1.82, 2.24) is 10.3 Å². The second-order valence-corrected chi connectivity index (χ2v) is 3.55. The van der Waals surface area contributed by atoms with E-state index in [1.54, 1.807) is 7.11 Å². The van der Waals surface area contributed by atoms with Crippen LogP contribution >= 0.6 is 0 Å². The quantitative estimate of drug-likeness (QED) is 0.589. The number of hydrogen-bond donors (Lipinski definition) is 2. The summed E-state index contributed by atoms with van der Waals surface area (Å²) in [6, 6.07) is 5.93. The molecule has 1 aromatic heterocycles. The third kappa shape index (κ3) is 2.00. The van der Waals surface area contributed by atoms with E-state index in [4.69, 9.17) is 4.74 Å². The van der Waals surface area contributed by atoms with Gasteiger partial charge in [-0.3, -0.25) is 4.79 Å². The SMILES string of the molecule is COc1ccc2c(CCNC=O)c[nH]c2c1. The second-order valence-electron chi connectivity index (χ2n) is 3.55. The first-order valence-corrected chi connectivity index (χ1v) is 5.16. The lowest BCUT2D eigenvalue weighted by atomic mass is 10.1. The Kier molecular flexibility index (Phi) is 3.10. The Morgan fingerprint density at radius 1 is 1.50 bits per heavy atom. The lowest BCUT2D eigenvalue weighted by Crippen LogP contribution is -2.14. The molecule has 2 aromatic rings. The highest BCUT2D eigenvalue weighted by molar-refractivity contribution is 5.84. The van der Waals surface area contributed by atoms with Crippen LogP contribution in [0.15, 0.2) is 24.4 Å². The molecule has 0 radical (unpaired) electrons. The molecule has 0 atom stereocenters. The summed E-state index contributed by atoms with van der Waals surface area (Å²) in [5, 5.41) is 3.83. The van der Waals surface area contributed by atoms with Gasteiger partial charge in [-0.05, 0) is 24.1 Å². The van der Waals surface area contributed by atoms with Gasteiger partial charge in [-0.1, -0.05) is 0 Å². The Balaban J connectivity index is 2.23. The van der Waals surface area contributed by atoms with E-state index in [1.807, 2.05) is 24.4 Å². The molecule has 0 saturated carbocycles. The van der Waals surface area contributed by atoms with Crippen LogP contribution in [0.25, 0.3) is 10.9 Å². The predicted octanol–water partition coefficient (Wildman–Crippen LogP) is 1.46. The number of carbonyl (C=O) groups is 1. The van der Waals surface area contributed by atoms with E-state index in [0.717, 1.165) is 24.1 Å². The zero-order valence-electron chi connectivity index (χ0n) is 9.12. The topological polar surface area (TPSA) is 54.1 Å². The fraction of sp³-hybridized carbons (Fsp3) is 0.250. The number of fused-ring (bicyclic) bond motifs is 1. The summed E-state index contributed by atoms with van der Waals surface area (Å²) in [4.78, 5) is 13.3. The zero-order chi connectivity index (χ0) is 11.4. The molecule has 1 heterocycles. The highest BCUT2D eigenvalue weighted by Gasteiger charge is 2.04. The van der Waals surface area contributed by atoms with E-state index >= 15 is 0 Å². The minimum Gasteiger partial charge on any atom is -0.497 e. The molecule has 0 unspecified atom stereocenters. The van der Waals surface area contributed by atoms with Crippen molar-refractivity contribution in [2.75, 3.05) is 13.7 Å². The standard InChI is InChI=1S/C12H14N2O2/c1-16-10-2-3-11-9(4-5-13-8-15)7-14-12(11)6-10/h2-3,6-8,14H,4-5H2,1H3,(H,13,15). The smallest absolute Gasteiger partial charge is 0.207 e. The zero-order valence-corrected chi connectivity index (χ0v) is 9.12. The van der Waals surface area contributed by atoms with Crippen molar-refractivity contribution in [2.45, 2.75) is 6.42 Å². The second kappa shape index (κ2) is 4.70. The minimum atomic E-state index is 0.655. The van der Waals surface area contributed by atoms with Crippen LogP contribution in [0.2, 0.25) is 0 Å². The number of methoxy groups -OCH3 is 1. The number of ether oxygens (including phenoxy) is 1. The Labute approximate surface area is 93.6 Å². The molecule has 16 heavy (non-hydrogen) atoms. The number of nitrogens with one attached hydrogen (secondary N) is 2. The Morgan fingerprint density at radius 2 is 2.38 bits per heavy atom. The average molecular weight is 218 g/mol. The molecular formula is C12H14N2O2. The monoisotopic (exact) mass is 218 g/mol. The van der Waals surface area contributed by atoms with Crippen LogP contribution in [0.3, 0.4) is 0 Å². The first-order chi connectivity index (χ1) is 7.85. The van der Waals surface area contributed by atoms with E-state index in [0.29, 0.717) is 6.54 Å². The summed E-state index contributed by atoms with van der Waals surface area (Å²) in [7, 11) is 1.65. The normalized spacial score (nSPS) is 10.3. The van der Waals surface area contributed by atoms with Crippen LogP contribution in [0.5, 0.6) is 5.75 Å². The van der Waals surface area contributed by atoms with Gasteiger partial charge in [0.15, 0.2) is 0 Å². The minimum absolute atomic E-state index is 0.655. The van der Waals surface area contributed by atoms with Gasteiger partial charge < -0.3 is 15.0 Å². The molecule has 0 bridgehead atoms. The number of benzene rings is 1. The number of rotatable bonds is 5. The van der Waals surface area contributed by atoms with Crippen molar-refractivity contribution in [3.8, 4) is 5.75 Å². The molecule has 1 aromatic carbocycles. The molecule has 0 aliphatic rings. The molecule has 0 spiro atoms. The van der Waals surface area contributed by atoms with Crippen molar-refractivity contribution in [2.24, 2.45) is 0 Å². The van der Waals surface area contributed by atoms with E-state index in [9.17, 15) is 4.79 Å². The van der Waals surface area contributed by atoms with Crippen molar-refractivity contribution in [3.05, 3.63) is 30.0 Å². The molecule has 1 amide bonds. The molecule has 0 aliphatic carbocycles. The number of aromatic amines is 1. The Hall–Kier alpha value is -1.97. The summed E-state index contributed by atoms with van der Waals surface area (Å²) in [6.07, 6.45) is 3.51. The summed E-state index contributed by atoms with van der Waals surface area (Å²) >= 11 is 0. The van der Waals surface area contributed by atoms with Gasteiger partial charge in [0, 0.05) is 29.7 Å². The molecule has 2 N–H and O–H groups in total. The first kappa shape index (κ1) is 10.5. The molecule has 2 rings (SSSR count). The van der Waals surface area contributed by atoms with Crippen molar-refractivity contribution in [1.29, 1.82) is 0 Å². The highest BCUT2D eigenvalue weighted by atomic mass is 16.5. The largest absolute Gasteiger partial charge is 0.497 e. The van der Waals surface area contributed by atoms with Crippen LogP contribution in [0.1, 0.15) is 5.56 Å². The van der Waals surface area contributed by atoms with Crippen LogP contribution in [0, 0.1) is 0 Å². The predicted molar refractivity (Wildman–Crippen MR) is 62.6 cm³/mol. The molecule has 4 nitrogen and oxygen atoms in total. The summed E-state index contributed by atoms with van der Waals surface area (Å²) in [5.41, 5.74) is 2.26. The lowest BCUT2D eigenvalue weighted by Gasteiger charge is -2.01. The number of amides is 1. The number of hydrogen-bond acceptors (Lipinski definition) is 2. The van der Waals surface area contributed by atoms with Gasteiger partial charge in [0.2, 0.25) is 6.41 Å². The van der Waals surface area contributed by atoms with E-state index in [1.165, 1.54) is 10.9 Å². The Morgan fingerprint density at radius 3 is 3.12 bits per heavy atom. The average Bonchev–Trinajstić information content (AvgIpc) is 2.72. The van der Waals surface area contributed by atoms with Crippen molar-refractivity contribution in [3.63, 3.8) is 0 Å². The van der Waals surface area contributed by atoms with Crippen molar-refractivity contribution < 1.29 is 9.53 Å². The molecule has 0 aliphatic heterocycles. The third-order valence-electron chi connectivity index (χ3n) is 2.60. The van der Waals surface area contributed by atoms with Crippen LogP contribution in [-0.2, 0) is 11.2 Å². The summed E-state index contributed by atoms with van der Waals surface area (Å²) in [5.74, 6) is 0.840. The van der Waals surface area contributed by atoms with Gasteiger partial charge in [-0.2, -0.15) is 0 Å². The van der Waals surface area contributed by atoms with Gasteiger partial charge in [-0.15, -0.1) is 0 Å². The van der Waals surface area contributed by atoms with Gasteiger partial charge in [0.05, 0.1) is 7.11 Å². The maximum absolute atomic E-state index is 10.1. The first-order valence-electron chi connectivity index (χ1n) is 5.16. The van der Waals surface area contributed by atoms with Crippen LogP contribution < -0.4 is 10.1 Å². The maximum atomic E-state index is 10.1. The molecule has 0 saturated heterocycles. The molecule has 4 heteroatoms. The number of H-pyrrole nitrogens is 1. The van der Waals surface area contributed by atoms with Crippen LogP contribution in [0.4, 0.5) is 0 Å². The lowest BCUT2D eigenvalue weighted by molar-refractivity contribution is -0.109. The molecule has 84 valence electrons. The third-order valence-corrected chi connectivity index (χ3v) is 2.60. The number of carbonyl (C=O) groups excluding carboxylic acids is 1. The van der Waals surface area contributed by atoms with Gasteiger partial charge >= 0.3 is 0 Å². The van der Waals surface area contributed by atoms with Crippen molar-refractivity contribution >= 4 is 17.3 Å². The summed E-state index contributed by atoms with van der Waals surface area (Å²) in [6.45, 7) is 0.655. The van der Waals surface area contributed by atoms with E-state index in [-0.39, 0.29) is 0 Å². The van der Waals surface area contributed by atoms with E-state index in [2.05, 4.69) is 10.3 Å². The fourth-order valence-corrected chi connectivity index (χ4v) is 1.76. The van der Waals surface area contributed by atoms with Gasteiger partial charge in [-0.25, -0.2) is 0 Å². The molecular weight excluding hydrogens is 204 g/mol. The van der Waals surface area contributed by atoms with Gasteiger partial charge in [0.1, 0.15) is 5.75 Å². The fourth-order valence-electron chi connectivity index (χ4n) is 1.76. The van der Waals surface area contributed by atoms with E-state index < -0.39 is 0 Å². The van der Waals surface area contributed by atoms with Crippen LogP contribution in [-0.4, -0.2) is 25.0 Å². The van der Waals surface area contributed by atoms with Gasteiger partial charge in [0.25, 0.3) is 0 Å². The molecule has 0 fully saturated rings. The highest BCUT2D eigenvalue weighted by Crippen LogP contribution is 2.23. The maximum Gasteiger partial charge on any atom is 0.207 e.